The molecule has 1 aliphatic heterocycles. The highest BCUT2D eigenvalue weighted by Gasteiger charge is 2.36. The zero-order valence-corrected chi connectivity index (χ0v) is 24.4. The minimum Gasteiger partial charge on any atom is -0.496 e. The summed E-state index contributed by atoms with van der Waals surface area (Å²) in [6, 6.07) is 12.4. The molecular weight excluding hydrogens is 568 g/mol. The number of halogens is 1. The standard InChI is InChI=1S/C29H31BrN2O5S/c1-5-8-22-25(28(34)36-7-3)26(21-17-19(30)11-14-23(21)35-4)32-27(33)24(38-29(32)31-22)16-18-9-12-20(13-10-18)37-15-6-2/h9-14,16-17,26H,5-8,15H2,1-4H3/b24-16+/t26-/m1/s1. The van der Waals surface area contributed by atoms with Gasteiger partial charge in [-0.05, 0) is 61.7 Å². The number of ether oxygens (including phenoxy) is 3. The first-order valence-corrected chi connectivity index (χ1v) is 14.3. The van der Waals surface area contributed by atoms with Crippen LogP contribution in [-0.4, -0.2) is 30.9 Å². The lowest BCUT2D eigenvalue weighted by molar-refractivity contribution is -0.139. The lowest BCUT2D eigenvalue weighted by Gasteiger charge is -2.27. The first kappa shape index (κ1) is 27.9. The second-order valence-electron chi connectivity index (χ2n) is 8.72. The van der Waals surface area contributed by atoms with Crippen molar-refractivity contribution in [3.05, 3.63) is 89.0 Å². The monoisotopic (exact) mass is 598 g/mol. The smallest absolute Gasteiger partial charge is 0.338 e. The Labute approximate surface area is 234 Å². The highest BCUT2D eigenvalue weighted by Crippen LogP contribution is 2.38. The van der Waals surface area contributed by atoms with Gasteiger partial charge in [-0.3, -0.25) is 9.36 Å². The molecule has 0 saturated heterocycles. The van der Waals surface area contributed by atoms with E-state index in [1.54, 1.807) is 18.6 Å². The number of esters is 1. The van der Waals surface area contributed by atoms with E-state index in [4.69, 9.17) is 19.2 Å². The summed E-state index contributed by atoms with van der Waals surface area (Å²) >= 11 is 4.85. The highest BCUT2D eigenvalue weighted by molar-refractivity contribution is 9.10. The molecule has 3 aromatic rings. The number of carbonyl (C=O) groups is 1. The van der Waals surface area contributed by atoms with Crippen LogP contribution >= 0.6 is 27.3 Å². The van der Waals surface area contributed by atoms with Gasteiger partial charge in [-0.1, -0.05) is 59.7 Å². The maximum atomic E-state index is 13.9. The van der Waals surface area contributed by atoms with Crippen LogP contribution in [0.1, 0.15) is 57.2 Å². The normalized spacial score (nSPS) is 15.2. The van der Waals surface area contributed by atoms with Crippen LogP contribution in [0.5, 0.6) is 11.5 Å². The molecule has 1 atom stereocenters. The summed E-state index contributed by atoms with van der Waals surface area (Å²) in [4.78, 5) is 32.6. The summed E-state index contributed by atoms with van der Waals surface area (Å²) in [6.07, 6.45) is 4.13. The van der Waals surface area contributed by atoms with Crippen molar-refractivity contribution in [2.45, 2.75) is 46.1 Å². The molecule has 0 saturated carbocycles. The summed E-state index contributed by atoms with van der Waals surface area (Å²) in [5.41, 5.74) is 2.31. The van der Waals surface area contributed by atoms with Crippen LogP contribution in [0.2, 0.25) is 0 Å². The van der Waals surface area contributed by atoms with Crippen molar-refractivity contribution < 1.29 is 19.0 Å². The van der Waals surface area contributed by atoms with Gasteiger partial charge in [-0.2, -0.15) is 0 Å². The minimum absolute atomic E-state index is 0.215. The van der Waals surface area contributed by atoms with Gasteiger partial charge in [-0.25, -0.2) is 9.79 Å². The average Bonchev–Trinajstić information content (AvgIpc) is 3.22. The van der Waals surface area contributed by atoms with E-state index in [1.165, 1.54) is 11.3 Å². The molecule has 1 aliphatic rings. The van der Waals surface area contributed by atoms with Gasteiger partial charge >= 0.3 is 5.97 Å². The van der Waals surface area contributed by atoms with E-state index in [1.807, 2.05) is 55.5 Å². The van der Waals surface area contributed by atoms with E-state index in [2.05, 4.69) is 22.9 Å². The van der Waals surface area contributed by atoms with Gasteiger partial charge in [0.25, 0.3) is 5.56 Å². The summed E-state index contributed by atoms with van der Waals surface area (Å²) in [6.45, 7) is 6.72. The molecule has 0 radical (unpaired) electrons. The molecule has 7 nitrogen and oxygen atoms in total. The second kappa shape index (κ2) is 12.6. The van der Waals surface area contributed by atoms with Crippen molar-refractivity contribution in [2.24, 2.45) is 4.99 Å². The zero-order chi connectivity index (χ0) is 27.2. The molecule has 200 valence electrons. The molecule has 0 amide bonds. The number of hydrogen-bond donors (Lipinski definition) is 0. The molecule has 2 heterocycles. The van der Waals surface area contributed by atoms with Gasteiger partial charge in [0.05, 0.1) is 36.1 Å². The van der Waals surface area contributed by atoms with Crippen molar-refractivity contribution in [3.8, 4) is 11.5 Å². The van der Waals surface area contributed by atoms with Crippen molar-refractivity contribution in [1.29, 1.82) is 0 Å². The number of thiazole rings is 1. The molecule has 4 rings (SSSR count). The number of hydrogen-bond acceptors (Lipinski definition) is 7. The Morgan fingerprint density at radius 1 is 1.13 bits per heavy atom. The summed E-state index contributed by atoms with van der Waals surface area (Å²) in [7, 11) is 1.57. The Balaban J connectivity index is 1.94. The van der Waals surface area contributed by atoms with E-state index >= 15 is 0 Å². The van der Waals surface area contributed by atoms with Gasteiger partial charge in [0, 0.05) is 10.0 Å². The predicted octanol–water partition coefficient (Wildman–Crippen LogP) is 5.14. The SMILES string of the molecule is CCCOc1ccc(/C=c2/sc3n(c2=O)[C@H](c2cc(Br)ccc2OC)C(C(=O)OCC)=C(CCC)N=3)cc1. The van der Waals surface area contributed by atoms with E-state index in [0.29, 0.717) is 44.9 Å². The zero-order valence-electron chi connectivity index (χ0n) is 22.0. The lowest BCUT2D eigenvalue weighted by Crippen LogP contribution is -2.40. The fourth-order valence-corrected chi connectivity index (χ4v) is 5.76. The Hall–Kier alpha value is -3.17. The van der Waals surface area contributed by atoms with Crippen LogP contribution in [0.25, 0.3) is 6.08 Å². The number of nitrogens with zero attached hydrogens (tertiary/aromatic N) is 2. The Morgan fingerprint density at radius 3 is 2.55 bits per heavy atom. The van der Waals surface area contributed by atoms with Gasteiger partial charge < -0.3 is 14.2 Å². The first-order valence-electron chi connectivity index (χ1n) is 12.7. The topological polar surface area (TPSA) is 79.1 Å². The summed E-state index contributed by atoms with van der Waals surface area (Å²) in [5, 5.41) is 0. The maximum Gasteiger partial charge on any atom is 0.338 e. The fourth-order valence-electron chi connectivity index (χ4n) is 4.37. The van der Waals surface area contributed by atoms with Gasteiger partial charge in [-0.15, -0.1) is 0 Å². The van der Waals surface area contributed by atoms with Crippen molar-refractivity contribution in [2.75, 3.05) is 20.3 Å². The van der Waals surface area contributed by atoms with Crippen molar-refractivity contribution in [1.82, 2.24) is 4.57 Å². The van der Waals surface area contributed by atoms with Gasteiger partial charge in [0.1, 0.15) is 17.5 Å². The summed E-state index contributed by atoms with van der Waals surface area (Å²) < 4.78 is 19.7. The average molecular weight is 600 g/mol. The first-order chi connectivity index (χ1) is 18.4. The van der Waals surface area contributed by atoms with Crippen LogP contribution in [0.15, 0.2) is 68.0 Å². The van der Waals surface area contributed by atoms with Crippen LogP contribution in [0.3, 0.4) is 0 Å². The number of aromatic nitrogens is 1. The molecule has 0 unspecified atom stereocenters. The third-order valence-electron chi connectivity index (χ3n) is 6.03. The number of benzene rings is 2. The second-order valence-corrected chi connectivity index (χ2v) is 10.6. The van der Waals surface area contributed by atoms with Crippen molar-refractivity contribution >= 4 is 39.3 Å². The third-order valence-corrected chi connectivity index (χ3v) is 7.51. The quantitative estimate of drug-likeness (QED) is 0.302. The fraction of sp³-hybridized carbons (Fsp3) is 0.345. The molecular formula is C29H31BrN2O5S. The lowest BCUT2D eigenvalue weighted by atomic mass is 9.93. The van der Waals surface area contributed by atoms with Gasteiger partial charge in [0.2, 0.25) is 0 Å². The molecule has 0 spiro atoms. The largest absolute Gasteiger partial charge is 0.496 e. The van der Waals surface area contributed by atoms with Crippen LogP contribution in [0.4, 0.5) is 0 Å². The van der Waals surface area contributed by atoms with Crippen molar-refractivity contribution in [3.63, 3.8) is 0 Å². The van der Waals surface area contributed by atoms with Crippen LogP contribution in [0, 0.1) is 0 Å². The number of rotatable bonds is 10. The van der Waals surface area contributed by atoms with Gasteiger partial charge in [0.15, 0.2) is 4.80 Å². The molecule has 0 fully saturated rings. The molecule has 2 aromatic carbocycles. The van der Waals surface area contributed by atoms with E-state index < -0.39 is 12.0 Å². The number of methoxy groups -OCH3 is 1. The number of allylic oxidation sites excluding steroid dienone is 1. The highest BCUT2D eigenvalue weighted by atomic mass is 79.9. The van der Waals surface area contributed by atoms with E-state index in [-0.39, 0.29) is 12.2 Å². The molecule has 1 aromatic heterocycles. The molecule has 38 heavy (non-hydrogen) atoms. The Bertz CT molecular complexity index is 1520. The van der Waals surface area contributed by atoms with E-state index in [9.17, 15) is 9.59 Å². The molecule has 0 N–H and O–H groups in total. The molecule has 0 aliphatic carbocycles. The number of fused-ring (bicyclic) bond motifs is 1. The minimum atomic E-state index is -0.744. The number of carbonyl (C=O) groups excluding carboxylic acids is 1. The van der Waals surface area contributed by atoms with Crippen LogP contribution < -0.4 is 24.4 Å². The van der Waals surface area contributed by atoms with Crippen LogP contribution in [-0.2, 0) is 9.53 Å². The summed E-state index contributed by atoms with van der Waals surface area (Å²) in [5.74, 6) is 0.870. The predicted molar refractivity (Wildman–Crippen MR) is 153 cm³/mol. The Kier molecular flexibility index (Phi) is 9.22. The van der Waals surface area contributed by atoms with E-state index in [0.717, 1.165) is 28.6 Å². The molecule has 0 bridgehead atoms. The molecule has 9 heteroatoms. The third kappa shape index (κ3) is 5.78. The Morgan fingerprint density at radius 2 is 1.89 bits per heavy atom. The maximum absolute atomic E-state index is 13.9.